The van der Waals surface area contributed by atoms with E-state index in [1.807, 2.05) is 24.3 Å². The van der Waals surface area contributed by atoms with Crippen LogP contribution in [0, 0.1) is 17.2 Å². The molecule has 2 aromatic rings. The second-order valence-corrected chi connectivity index (χ2v) is 10.2. The number of sulfone groups is 1. The number of likely N-dealkylation sites (tertiary alicyclic amines) is 1. The van der Waals surface area contributed by atoms with E-state index >= 15 is 0 Å². The number of carbonyl (C=O) groups is 1. The maximum atomic E-state index is 12.7. The van der Waals surface area contributed by atoms with E-state index in [1.165, 1.54) is 0 Å². The molecular formula is C19H21BrN4O3S. The molecule has 0 spiro atoms. The molecular weight excluding hydrogens is 444 g/mol. The number of H-pyrrole nitrogens is 1. The third-order valence-electron chi connectivity index (χ3n) is 4.78. The van der Waals surface area contributed by atoms with Crippen molar-refractivity contribution in [3.05, 3.63) is 40.8 Å². The molecule has 1 fully saturated rings. The number of halogens is 1. The van der Waals surface area contributed by atoms with E-state index in [0.717, 1.165) is 22.0 Å². The summed E-state index contributed by atoms with van der Waals surface area (Å²) in [4.78, 5) is 22.0. The summed E-state index contributed by atoms with van der Waals surface area (Å²) in [5, 5.41) is 9.32. The number of aromatic nitrogens is 2. The van der Waals surface area contributed by atoms with Crippen molar-refractivity contribution < 1.29 is 13.2 Å². The van der Waals surface area contributed by atoms with Crippen molar-refractivity contribution in [1.82, 2.24) is 14.9 Å². The van der Waals surface area contributed by atoms with E-state index in [-0.39, 0.29) is 36.5 Å². The highest BCUT2D eigenvalue weighted by molar-refractivity contribution is 9.10. The number of nitrogens with zero attached hydrogens (tertiary/aromatic N) is 3. The van der Waals surface area contributed by atoms with Gasteiger partial charge in [0.1, 0.15) is 15.7 Å². The lowest BCUT2D eigenvalue weighted by molar-refractivity contribution is -0.132. The van der Waals surface area contributed by atoms with Gasteiger partial charge < -0.3 is 9.88 Å². The Balaban J connectivity index is 1.76. The van der Waals surface area contributed by atoms with Gasteiger partial charge in [0.05, 0.1) is 35.7 Å². The highest BCUT2D eigenvalue weighted by atomic mass is 79.9. The molecule has 0 bridgehead atoms. The maximum absolute atomic E-state index is 12.7. The third kappa shape index (κ3) is 5.00. The number of aromatic amines is 1. The van der Waals surface area contributed by atoms with E-state index in [9.17, 15) is 18.5 Å². The first-order valence-corrected chi connectivity index (χ1v) is 11.8. The van der Waals surface area contributed by atoms with Gasteiger partial charge >= 0.3 is 0 Å². The quantitative estimate of drug-likeness (QED) is 0.706. The van der Waals surface area contributed by atoms with Crippen molar-refractivity contribution in [1.29, 1.82) is 5.26 Å². The Bertz CT molecular complexity index is 995. The molecule has 148 valence electrons. The number of rotatable bonds is 6. The summed E-state index contributed by atoms with van der Waals surface area (Å²) >= 11 is 3.41. The summed E-state index contributed by atoms with van der Waals surface area (Å²) in [7, 11) is -3.10. The van der Waals surface area contributed by atoms with Crippen molar-refractivity contribution in [3.8, 4) is 17.3 Å². The molecule has 0 aliphatic carbocycles. The SMILES string of the molecule is CS(=O)(=O)CCCC(=O)N1C[C@@H](C#N)C[C@H]1c1ncc(-c2ccc(Br)cc2)[nH]1. The Morgan fingerprint density at radius 2 is 2.11 bits per heavy atom. The van der Waals surface area contributed by atoms with Gasteiger partial charge in [0, 0.05) is 23.7 Å². The minimum absolute atomic E-state index is 0.0204. The maximum Gasteiger partial charge on any atom is 0.223 e. The first kappa shape index (κ1) is 20.6. The monoisotopic (exact) mass is 464 g/mol. The first-order chi connectivity index (χ1) is 13.3. The lowest BCUT2D eigenvalue weighted by Crippen LogP contribution is -2.31. The zero-order valence-electron chi connectivity index (χ0n) is 15.4. The van der Waals surface area contributed by atoms with Crippen LogP contribution in [-0.4, -0.2) is 47.7 Å². The van der Waals surface area contributed by atoms with Crippen LogP contribution < -0.4 is 0 Å². The van der Waals surface area contributed by atoms with Crippen LogP contribution in [0.5, 0.6) is 0 Å². The van der Waals surface area contributed by atoms with Gasteiger partial charge in [-0.2, -0.15) is 5.26 Å². The number of hydrogen-bond acceptors (Lipinski definition) is 5. The van der Waals surface area contributed by atoms with Crippen LogP contribution in [0.15, 0.2) is 34.9 Å². The normalized spacial score (nSPS) is 19.5. The van der Waals surface area contributed by atoms with Crippen LogP contribution in [0.2, 0.25) is 0 Å². The predicted octanol–water partition coefficient (Wildman–Crippen LogP) is 3.08. The number of hydrogen-bond donors (Lipinski definition) is 1. The molecule has 0 unspecified atom stereocenters. The minimum atomic E-state index is -3.10. The van der Waals surface area contributed by atoms with Crippen LogP contribution in [0.3, 0.4) is 0 Å². The number of carbonyl (C=O) groups excluding carboxylic acids is 1. The molecule has 1 N–H and O–H groups in total. The van der Waals surface area contributed by atoms with E-state index in [4.69, 9.17) is 0 Å². The largest absolute Gasteiger partial charge is 0.340 e. The van der Waals surface area contributed by atoms with E-state index in [2.05, 4.69) is 32.0 Å². The molecule has 1 aromatic heterocycles. The molecule has 28 heavy (non-hydrogen) atoms. The Hall–Kier alpha value is -2.18. The van der Waals surface area contributed by atoms with Crippen molar-refractivity contribution >= 4 is 31.7 Å². The Morgan fingerprint density at radius 1 is 1.39 bits per heavy atom. The fourth-order valence-corrected chi connectivity index (χ4v) is 4.31. The zero-order valence-corrected chi connectivity index (χ0v) is 17.8. The second kappa shape index (κ2) is 8.45. The molecule has 2 heterocycles. The van der Waals surface area contributed by atoms with Crippen LogP contribution in [0.1, 0.15) is 31.1 Å². The van der Waals surface area contributed by atoms with Crippen LogP contribution in [0.4, 0.5) is 0 Å². The minimum Gasteiger partial charge on any atom is -0.340 e. The van der Waals surface area contributed by atoms with Gasteiger partial charge in [-0.3, -0.25) is 4.79 Å². The standard InChI is InChI=1S/C19H21BrN4O3S/c1-28(26,27)8-2-3-18(25)24-12-13(10-21)9-17(24)19-22-11-16(23-19)14-4-6-15(20)7-5-14/h4-7,11,13,17H,2-3,8-9,12H2,1H3,(H,22,23)/t13-,17+/m1/s1. The van der Waals surface area contributed by atoms with Gasteiger partial charge in [-0.15, -0.1) is 0 Å². The Morgan fingerprint density at radius 3 is 2.75 bits per heavy atom. The summed E-state index contributed by atoms with van der Waals surface area (Å²) in [5.41, 5.74) is 1.81. The summed E-state index contributed by atoms with van der Waals surface area (Å²) in [5.74, 6) is 0.220. The van der Waals surface area contributed by atoms with Crippen molar-refractivity contribution in [2.24, 2.45) is 5.92 Å². The van der Waals surface area contributed by atoms with E-state index in [1.54, 1.807) is 11.1 Å². The molecule has 9 heteroatoms. The smallest absolute Gasteiger partial charge is 0.223 e. The lowest BCUT2D eigenvalue weighted by Gasteiger charge is -2.23. The second-order valence-electron chi connectivity index (χ2n) is 7.05. The molecule has 7 nitrogen and oxygen atoms in total. The van der Waals surface area contributed by atoms with Crippen LogP contribution in [0.25, 0.3) is 11.3 Å². The Kier molecular flexibility index (Phi) is 6.20. The van der Waals surface area contributed by atoms with Gasteiger partial charge in [-0.25, -0.2) is 13.4 Å². The van der Waals surface area contributed by atoms with Gasteiger partial charge in [0.15, 0.2) is 0 Å². The van der Waals surface area contributed by atoms with Crippen LogP contribution >= 0.6 is 15.9 Å². The number of benzene rings is 1. The zero-order chi connectivity index (χ0) is 20.3. The molecule has 3 rings (SSSR count). The lowest BCUT2D eigenvalue weighted by atomic mass is 10.1. The van der Waals surface area contributed by atoms with Crippen LogP contribution in [-0.2, 0) is 14.6 Å². The Labute approximate surface area is 172 Å². The topological polar surface area (TPSA) is 107 Å². The number of amides is 1. The van der Waals surface area contributed by atoms with Gasteiger partial charge in [0.2, 0.25) is 5.91 Å². The molecule has 0 saturated carbocycles. The fourth-order valence-electron chi connectivity index (χ4n) is 3.38. The molecule has 1 saturated heterocycles. The average Bonchev–Trinajstić information content (AvgIpc) is 3.28. The van der Waals surface area contributed by atoms with Gasteiger partial charge in [-0.05, 0) is 30.5 Å². The van der Waals surface area contributed by atoms with Crippen molar-refractivity contribution in [2.75, 3.05) is 18.6 Å². The summed E-state index contributed by atoms with van der Waals surface area (Å²) in [6.45, 7) is 0.340. The number of nitriles is 1. The molecule has 2 atom stereocenters. The molecule has 1 amide bonds. The third-order valence-corrected chi connectivity index (χ3v) is 6.34. The number of imidazole rings is 1. The summed E-state index contributed by atoms with van der Waals surface area (Å²) in [6.07, 6.45) is 3.82. The van der Waals surface area contributed by atoms with Crippen molar-refractivity contribution in [2.45, 2.75) is 25.3 Å². The van der Waals surface area contributed by atoms with E-state index < -0.39 is 9.84 Å². The summed E-state index contributed by atoms with van der Waals surface area (Å²) in [6, 6.07) is 9.73. The van der Waals surface area contributed by atoms with Crippen molar-refractivity contribution in [3.63, 3.8) is 0 Å². The molecule has 1 aliphatic heterocycles. The molecule has 0 radical (unpaired) electrons. The summed E-state index contributed by atoms with van der Waals surface area (Å²) < 4.78 is 23.6. The highest BCUT2D eigenvalue weighted by Gasteiger charge is 2.37. The fraction of sp³-hybridized carbons (Fsp3) is 0.421. The van der Waals surface area contributed by atoms with Gasteiger partial charge in [0.25, 0.3) is 0 Å². The first-order valence-electron chi connectivity index (χ1n) is 8.94. The predicted molar refractivity (Wildman–Crippen MR) is 109 cm³/mol. The molecule has 1 aliphatic rings. The molecule has 1 aromatic carbocycles. The number of nitrogens with one attached hydrogen (secondary N) is 1. The average molecular weight is 465 g/mol. The van der Waals surface area contributed by atoms with E-state index in [0.29, 0.717) is 18.8 Å². The van der Waals surface area contributed by atoms with Gasteiger partial charge in [-0.1, -0.05) is 28.1 Å². The highest BCUT2D eigenvalue weighted by Crippen LogP contribution is 2.35.